The first kappa shape index (κ1) is 12.7. The Morgan fingerprint density at radius 3 is 2.29 bits per heavy atom. The summed E-state index contributed by atoms with van der Waals surface area (Å²) in [6.07, 6.45) is -0.620. The third-order valence-electron chi connectivity index (χ3n) is 1.08. The fraction of sp³-hybridized carbons (Fsp3) is 0.778. The highest BCUT2D eigenvalue weighted by Gasteiger charge is 2.16. The number of hydrogen-bond donors (Lipinski definition) is 1. The van der Waals surface area contributed by atoms with Crippen LogP contribution in [0, 0.1) is 0 Å². The van der Waals surface area contributed by atoms with Gasteiger partial charge in [-0.1, -0.05) is 0 Å². The molecule has 5 nitrogen and oxygen atoms in total. The Labute approximate surface area is 83.8 Å². The van der Waals surface area contributed by atoms with E-state index in [-0.39, 0.29) is 6.54 Å². The van der Waals surface area contributed by atoms with E-state index in [4.69, 9.17) is 4.74 Å². The van der Waals surface area contributed by atoms with Crippen molar-refractivity contribution in [2.75, 3.05) is 13.2 Å². The summed E-state index contributed by atoms with van der Waals surface area (Å²) in [7, 11) is 0. The molecule has 0 aromatic rings. The standard InChI is InChI=1S/C9H17NO4/c1-5-13-7(11)6-10-8(12)14-9(2,3)4/h5-6H2,1-4H3,(H,10,12). The van der Waals surface area contributed by atoms with Crippen molar-refractivity contribution in [2.24, 2.45) is 0 Å². The first-order valence-electron chi connectivity index (χ1n) is 4.47. The highest BCUT2D eigenvalue weighted by Crippen LogP contribution is 2.05. The lowest BCUT2D eigenvalue weighted by molar-refractivity contribution is -0.142. The lowest BCUT2D eigenvalue weighted by Crippen LogP contribution is -2.36. The topological polar surface area (TPSA) is 64.6 Å². The number of esters is 1. The van der Waals surface area contributed by atoms with E-state index in [9.17, 15) is 9.59 Å². The van der Waals surface area contributed by atoms with Gasteiger partial charge in [-0.05, 0) is 27.7 Å². The lowest BCUT2D eigenvalue weighted by atomic mass is 10.2. The Bertz CT molecular complexity index is 207. The Balaban J connectivity index is 3.70. The molecule has 0 radical (unpaired) electrons. The fourth-order valence-electron chi connectivity index (χ4n) is 0.671. The maximum atomic E-state index is 11.0. The quantitative estimate of drug-likeness (QED) is 0.697. The average molecular weight is 203 g/mol. The van der Waals surface area contributed by atoms with Gasteiger partial charge in [-0.3, -0.25) is 4.79 Å². The van der Waals surface area contributed by atoms with E-state index in [1.165, 1.54) is 0 Å². The molecular formula is C9H17NO4. The van der Waals surface area contributed by atoms with Gasteiger partial charge in [-0.15, -0.1) is 0 Å². The molecule has 82 valence electrons. The molecule has 0 unspecified atom stereocenters. The van der Waals surface area contributed by atoms with E-state index in [2.05, 4.69) is 10.1 Å². The largest absolute Gasteiger partial charge is 0.465 e. The number of nitrogens with one attached hydrogen (secondary N) is 1. The van der Waals surface area contributed by atoms with Crippen LogP contribution in [0.4, 0.5) is 4.79 Å². The Hall–Kier alpha value is -1.26. The minimum absolute atomic E-state index is 0.164. The summed E-state index contributed by atoms with van der Waals surface area (Å²) in [4.78, 5) is 21.8. The Kier molecular flexibility index (Phi) is 4.97. The van der Waals surface area contributed by atoms with Crippen molar-refractivity contribution in [1.82, 2.24) is 5.32 Å². The minimum atomic E-state index is -0.620. The molecule has 0 aromatic heterocycles. The van der Waals surface area contributed by atoms with Crippen LogP contribution in [0.15, 0.2) is 0 Å². The Morgan fingerprint density at radius 1 is 1.29 bits per heavy atom. The molecule has 5 heteroatoms. The van der Waals surface area contributed by atoms with Crippen molar-refractivity contribution >= 4 is 12.1 Å². The van der Waals surface area contributed by atoms with Crippen molar-refractivity contribution in [3.63, 3.8) is 0 Å². The van der Waals surface area contributed by atoms with Crippen LogP contribution in [0.1, 0.15) is 27.7 Å². The van der Waals surface area contributed by atoms with E-state index in [1.807, 2.05) is 0 Å². The average Bonchev–Trinajstić information content (AvgIpc) is 1.98. The third-order valence-corrected chi connectivity index (χ3v) is 1.08. The first-order chi connectivity index (χ1) is 6.35. The zero-order valence-electron chi connectivity index (χ0n) is 9.05. The summed E-state index contributed by atoms with van der Waals surface area (Å²) < 4.78 is 9.52. The summed E-state index contributed by atoms with van der Waals surface area (Å²) in [5.41, 5.74) is -0.557. The molecule has 0 aromatic carbocycles. The second-order valence-electron chi connectivity index (χ2n) is 3.66. The number of alkyl carbamates (subject to hydrolysis) is 1. The van der Waals surface area contributed by atoms with E-state index >= 15 is 0 Å². The van der Waals surface area contributed by atoms with Gasteiger partial charge in [-0.2, -0.15) is 0 Å². The van der Waals surface area contributed by atoms with Crippen LogP contribution in [-0.4, -0.2) is 30.8 Å². The molecule has 0 fully saturated rings. The molecule has 14 heavy (non-hydrogen) atoms. The van der Waals surface area contributed by atoms with E-state index in [0.717, 1.165) is 0 Å². The fourth-order valence-corrected chi connectivity index (χ4v) is 0.671. The molecule has 0 aliphatic heterocycles. The molecule has 0 aliphatic carbocycles. The van der Waals surface area contributed by atoms with Crippen LogP contribution in [-0.2, 0) is 14.3 Å². The highest BCUT2D eigenvalue weighted by atomic mass is 16.6. The van der Waals surface area contributed by atoms with Crippen LogP contribution in [0.5, 0.6) is 0 Å². The van der Waals surface area contributed by atoms with Gasteiger partial charge in [0, 0.05) is 0 Å². The monoisotopic (exact) mass is 203 g/mol. The normalized spacial score (nSPS) is 10.6. The molecule has 0 saturated carbocycles. The smallest absolute Gasteiger partial charge is 0.408 e. The molecule has 0 aliphatic rings. The zero-order valence-corrected chi connectivity index (χ0v) is 9.05. The van der Waals surface area contributed by atoms with Gasteiger partial charge in [-0.25, -0.2) is 4.79 Å². The van der Waals surface area contributed by atoms with Crippen LogP contribution in [0.2, 0.25) is 0 Å². The summed E-state index contributed by atoms with van der Waals surface area (Å²) in [5, 5.41) is 2.29. The van der Waals surface area contributed by atoms with Crippen molar-refractivity contribution in [3.8, 4) is 0 Å². The van der Waals surface area contributed by atoms with Gasteiger partial charge in [0.15, 0.2) is 0 Å². The maximum absolute atomic E-state index is 11.0. The second-order valence-corrected chi connectivity index (χ2v) is 3.66. The van der Waals surface area contributed by atoms with Gasteiger partial charge >= 0.3 is 12.1 Å². The van der Waals surface area contributed by atoms with Crippen molar-refractivity contribution < 1.29 is 19.1 Å². The molecule has 1 N–H and O–H groups in total. The number of carbonyl (C=O) groups is 2. The number of amides is 1. The minimum Gasteiger partial charge on any atom is -0.465 e. The number of carbonyl (C=O) groups excluding carboxylic acids is 2. The van der Waals surface area contributed by atoms with Gasteiger partial charge in [0.25, 0.3) is 0 Å². The lowest BCUT2D eigenvalue weighted by Gasteiger charge is -2.19. The first-order valence-corrected chi connectivity index (χ1v) is 4.47. The molecule has 0 heterocycles. The van der Waals surface area contributed by atoms with E-state index in [0.29, 0.717) is 6.61 Å². The summed E-state index contributed by atoms with van der Waals surface area (Å²) in [5.74, 6) is -0.474. The summed E-state index contributed by atoms with van der Waals surface area (Å²) in [6.45, 7) is 7.08. The predicted octanol–water partition coefficient (Wildman–Crippen LogP) is 1.07. The van der Waals surface area contributed by atoms with Crippen LogP contribution in [0.3, 0.4) is 0 Å². The van der Waals surface area contributed by atoms with Crippen LogP contribution >= 0.6 is 0 Å². The maximum Gasteiger partial charge on any atom is 0.408 e. The molecule has 0 saturated heterocycles. The van der Waals surface area contributed by atoms with Crippen LogP contribution in [0.25, 0.3) is 0 Å². The Morgan fingerprint density at radius 2 is 1.86 bits per heavy atom. The summed E-state index contributed by atoms with van der Waals surface area (Å²) in [6, 6.07) is 0. The van der Waals surface area contributed by atoms with Gasteiger partial charge < -0.3 is 14.8 Å². The molecule has 0 rings (SSSR count). The number of rotatable bonds is 3. The van der Waals surface area contributed by atoms with Gasteiger partial charge in [0.05, 0.1) is 6.61 Å². The SMILES string of the molecule is CCOC(=O)CNC(=O)OC(C)(C)C. The molecule has 0 bridgehead atoms. The van der Waals surface area contributed by atoms with E-state index < -0.39 is 17.7 Å². The van der Waals surface area contributed by atoms with Gasteiger partial charge in [0.1, 0.15) is 12.1 Å². The third kappa shape index (κ3) is 7.39. The molecular weight excluding hydrogens is 186 g/mol. The van der Waals surface area contributed by atoms with Gasteiger partial charge in [0.2, 0.25) is 0 Å². The zero-order chi connectivity index (χ0) is 11.2. The number of ether oxygens (including phenoxy) is 2. The molecule has 1 amide bonds. The predicted molar refractivity (Wildman–Crippen MR) is 50.9 cm³/mol. The van der Waals surface area contributed by atoms with Crippen LogP contribution < -0.4 is 5.32 Å². The second kappa shape index (κ2) is 5.47. The molecule has 0 spiro atoms. The highest BCUT2D eigenvalue weighted by molar-refractivity contribution is 5.77. The number of hydrogen-bond acceptors (Lipinski definition) is 4. The van der Waals surface area contributed by atoms with E-state index in [1.54, 1.807) is 27.7 Å². The van der Waals surface area contributed by atoms with Crippen molar-refractivity contribution in [1.29, 1.82) is 0 Å². The molecule has 0 atom stereocenters. The summed E-state index contributed by atoms with van der Waals surface area (Å²) >= 11 is 0. The van der Waals surface area contributed by atoms with Crippen molar-refractivity contribution in [2.45, 2.75) is 33.3 Å². The van der Waals surface area contributed by atoms with Crippen molar-refractivity contribution in [3.05, 3.63) is 0 Å².